The smallest absolute Gasteiger partial charge is 0.306 e. The molecule has 0 heterocycles. The SMILES string of the molecule is COC(=O)CCN(CCNC(=O)CCC1(CCC(=O)NCCN(CCC(=O)OC)CCC(=O)OC)c2cc(Br)ccc2-c2ccc(Br)cc21)CCC(=O)OC. The van der Waals surface area contributed by atoms with Crippen molar-refractivity contribution in [3.05, 3.63) is 56.5 Å². The van der Waals surface area contributed by atoms with Crippen LogP contribution in [-0.4, -0.2) is 126 Å². The average molecular weight is 897 g/mol. The number of hydrogen-bond acceptors (Lipinski definition) is 12. The molecule has 0 atom stereocenters. The highest BCUT2D eigenvalue weighted by Crippen LogP contribution is 2.54. The summed E-state index contributed by atoms with van der Waals surface area (Å²) in [4.78, 5) is 77.7. The Morgan fingerprint density at radius 1 is 0.527 bits per heavy atom. The molecule has 2 N–H and O–H groups in total. The highest BCUT2D eigenvalue weighted by Gasteiger charge is 2.43. The van der Waals surface area contributed by atoms with Gasteiger partial charge in [0.05, 0.1) is 54.1 Å². The molecule has 2 aromatic rings. The van der Waals surface area contributed by atoms with Crippen molar-refractivity contribution in [1.82, 2.24) is 20.4 Å². The van der Waals surface area contributed by atoms with E-state index in [1.54, 1.807) is 0 Å². The van der Waals surface area contributed by atoms with Crippen LogP contribution in [0.15, 0.2) is 45.3 Å². The maximum atomic E-state index is 13.4. The first kappa shape index (κ1) is 45.5. The van der Waals surface area contributed by atoms with Crippen molar-refractivity contribution < 1.29 is 47.7 Å². The Bertz CT molecular complexity index is 1500. The van der Waals surface area contributed by atoms with Crippen LogP contribution in [0, 0.1) is 0 Å². The molecule has 0 saturated carbocycles. The molecular weight excluding hydrogens is 844 g/mol. The van der Waals surface area contributed by atoms with Gasteiger partial charge in [0.25, 0.3) is 0 Å². The van der Waals surface area contributed by atoms with Crippen molar-refractivity contribution in [2.75, 3.05) is 80.8 Å². The van der Waals surface area contributed by atoms with Crippen LogP contribution in [0.4, 0.5) is 0 Å². The van der Waals surface area contributed by atoms with Crippen LogP contribution in [0.2, 0.25) is 0 Å². The van der Waals surface area contributed by atoms with Gasteiger partial charge in [0.1, 0.15) is 0 Å². The van der Waals surface area contributed by atoms with Crippen LogP contribution in [0.1, 0.15) is 62.5 Å². The first-order valence-electron chi connectivity index (χ1n) is 18.2. The van der Waals surface area contributed by atoms with Crippen molar-refractivity contribution in [3.63, 3.8) is 0 Å². The third-order valence-electron chi connectivity index (χ3n) is 9.78. The summed E-state index contributed by atoms with van der Waals surface area (Å²) in [5.74, 6) is -1.79. The van der Waals surface area contributed by atoms with Crippen LogP contribution >= 0.6 is 31.9 Å². The molecule has 0 aromatic heterocycles. The second kappa shape index (κ2) is 23.3. The van der Waals surface area contributed by atoms with E-state index in [1.807, 2.05) is 21.9 Å². The van der Waals surface area contributed by atoms with Crippen molar-refractivity contribution in [3.8, 4) is 11.1 Å². The molecule has 302 valence electrons. The Morgan fingerprint density at radius 3 is 1.16 bits per heavy atom. The number of rotatable bonds is 24. The molecule has 1 aliphatic carbocycles. The highest BCUT2D eigenvalue weighted by molar-refractivity contribution is 9.10. The average Bonchev–Trinajstić information content (AvgIpc) is 3.44. The van der Waals surface area contributed by atoms with Gasteiger partial charge in [-0.15, -0.1) is 0 Å². The van der Waals surface area contributed by atoms with E-state index in [4.69, 9.17) is 18.9 Å². The second-order valence-electron chi connectivity index (χ2n) is 13.1. The van der Waals surface area contributed by atoms with Crippen LogP contribution in [0.5, 0.6) is 0 Å². The van der Waals surface area contributed by atoms with Gasteiger partial charge >= 0.3 is 23.9 Å². The van der Waals surface area contributed by atoms with E-state index in [2.05, 4.69) is 66.8 Å². The summed E-state index contributed by atoms with van der Waals surface area (Å²) in [6.45, 7) is 2.89. The number of carbonyl (C=O) groups is 6. The van der Waals surface area contributed by atoms with Crippen molar-refractivity contribution >= 4 is 67.6 Å². The number of nitrogens with zero attached hydrogens (tertiary/aromatic N) is 2. The van der Waals surface area contributed by atoms with Crippen LogP contribution in [-0.2, 0) is 53.1 Å². The topological polar surface area (TPSA) is 170 Å². The van der Waals surface area contributed by atoms with Crippen molar-refractivity contribution in [2.45, 2.75) is 56.8 Å². The maximum absolute atomic E-state index is 13.4. The molecule has 14 nitrogen and oxygen atoms in total. The van der Waals surface area contributed by atoms with Crippen molar-refractivity contribution in [2.24, 2.45) is 0 Å². The fourth-order valence-corrected chi connectivity index (χ4v) is 7.44. The summed E-state index contributed by atoms with van der Waals surface area (Å²) >= 11 is 7.29. The Labute approximate surface area is 339 Å². The van der Waals surface area contributed by atoms with E-state index >= 15 is 0 Å². The standard InChI is InChI=1S/C39H52Br2N4O10/c1-52-35(48)11-19-44(20-12-36(49)53-2)23-17-42-33(46)9-15-39(31-25-27(40)5-7-29(31)30-8-6-28(41)26-32(30)39)16-10-34(47)43-18-24-45(21-13-37(50)54-3)22-14-38(51)55-4/h5-8,25-26H,9-24H2,1-4H3,(H,42,46)(H,43,47). The van der Waals surface area contributed by atoms with Gasteiger partial charge in [0.2, 0.25) is 11.8 Å². The molecule has 55 heavy (non-hydrogen) atoms. The first-order valence-corrected chi connectivity index (χ1v) is 19.8. The minimum absolute atomic E-state index is 0.148. The van der Waals surface area contributed by atoms with Gasteiger partial charge in [-0.3, -0.25) is 28.8 Å². The van der Waals surface area contributed by atoms with Crippen LogP contribution < -0.4 is 10.6 Å². The van der Waals surface area contributed by atoms with Gasteiger partial charge in [0, 0.05) is 79.6 Å². The zero-order valence-electron chi connectivity index (χ0n) is 32.0. The molecule has 2 amide bonds. The number of methoxy groups -OCH3 is 4. The third kappa shape index (κ3) is 14.3. The fourth-order valence-electron chi connectivity index (χ4n) is 6.72. The summed E-state index contributed by atoms with van der Waals surface area (Å²) in [5, 5.41) is 6.00. The Morgan fingerprint density at radius 2 is 0.855 bits per heavy atom. The predicted octanol–water partition coefficient (Wildman–Crippen LogP) is 4.13. The Kier molecular flexibility index (Phi) is 19.3. The lowest BCUT2D eigenvalue weighted by Gasteiger charge is -2.32. The molecule has 0 spiro atoms. The molecule has 3 rings (SSSR count). The Balaban J connectivity index is 1.73. The zero-order chi connectivity index (χ0) is 40.4. The zero-order valence-corrected chi connectivity index (χ0v) is 35.2. The van der Waals surface area contributed by atoms with Crippen LogP contribution in [0.3, 0.4) is 0 Å². The van der Waals surface area contributed by atoms with Gasteiger partial charge in [0.15, 0.2) is 0 Å². The van der Waals surface area contributed by atoms with Crippen molar-refractivity contribution in [1.29, 1.82) is 0 Å². The highest BCUT2D eigenvalue weighted by atomic mass is 79.9. The largest absolute Gasteiger partial charge is 0.469 e. The molecule has 0 fully saturated rings. The van der Waals surface area contributed by atoms with Gasteiger partial charge < -0.3 is 39.4 Å². The molecule has 16 heteroatoms. The lowest BCUT2D eigenvalue weighted by Crippen LogP contribution is -2.38. The minimum atomic E-state index is -0.660. The van der Waals surface area contributed by atoms with Gasteiger partial charge in [-0.1, -0.05) is 44.0 Å². The number of carbonyl (C=O) groups excluding carboxylic acids is 6. The number of fused-ring (bicyclic) bond motifs is 3. The summed E-state index contributed by atoms with van der Waals surface area (Å²) in [7, 11) is 5.28. The van der Waals surface area contributed by atoms with Gasteiger partial charge in [-0.25, -0.2) is 0 Å². The monoisotopic (exact) mass is 894 g/mol. The van der Waals surface area contributed by atoms with Gasteiger partial charge in [-0.2, -0.15) is 0 Å². The molecule has 0 radical (unpaired) electrons. The minimum Gasteiger partial charge on any atom is -0.469 e. The van der Waals surface area contributed by atoms with E-state index in [9.17, 15) is 28.8 Å². The summed E-state index contributed by atoms with van der Waals surface area (Å²) in [6, 6.07) is 12.2. The number of hydrogen-bond donors (Lipinski definition) is 2. The quantitative estimate of drug-likeness (QED) is 0.114. The lowest BCUT2D eigenvalue weighted by atomic mass is 9.71. The van der Waals surface area contributed by atoms with E-state index < -0.39 is 5.41 Å². The lowest BCUT2D eigenvalue weighted by molar-refractivity contribution is -0.142. The van der Waals surface area contributed by atoms with E-state index in [-0.39, 0.29) is 74.2 Å². The molecule has 2 aromatic carbocycles. The number of nitrogens with one attached hydrogen (secondary N) is 2. The maximum Gasteiger partial charge on any atom is 0.306 e. The predicted molar refractivity (Wildman–Crippen MR) is 212 cm³/mol. The summed E-state index contributed by atoms with van der Waals surface area (Å²) in [5.41, 5.74) is 3.50. The molecule has 0 unspecified atom stereocenters. The van der Waals surface area contributed by atoms with E-state index in [0.29, 0.717) is 65.2 Å². The molecule has 1 aliphatic rings. The molecular formula is C39H52Br2N4O10. The van der Waals surface area contributed by atoms with E-state index in [1.165, 1.54) is 28.4 Å². The van der Waals surface area contributed by atoms with E-state index in [0.717, 1.165) is 31.2 Å². The van der Waals surface area contributed by atoms with Crippen LogP contribution in [0.25, 0.3) is 11.1 Å². The third-order valence-corrected chi connectivity index (χ3v) is 10.8. The van der Waals surface area contributed by atoms with Gasteiger partial charge in [-0.05, 0) is 59.4 Å². The molecule has 0 aliphatic heterocycles. The number of ether oxygens (including phenoxy) is 4. The second-order valence-corrected chi connectivity index (χ2v) is 15.0. The fraction of sp³-hybridized carbons (Fsp3) is 0.538. The number of esters is 4. The number of benzene rings is 2. The summed E-state index contributed by atoms with van der Waals surface area (Å²) in [6.07, 6.45) is 1.82. The Hall–Kier alpha value is -3.86. The number of halogens is 2. The molecule has 0 bridgehead atoms. The summed E-state index contributed by atoms with van der Waals surface area (Å²) < 4.78 is 20.8. The normalized spacial score (nSPS) is 12.4. The number of amides is 2. The first-order chi connectivity index (χ1) is 26.3. The molecule has 0 saturated heterocycles.